The highest BCUT2D eigenvalue weighted by atomic mass is 19.1. The Morgan fingerprint density at radius 3 is 2.73 bits per heavy atom. The van der Waals surface area contributed by atoms with Crippen LogP contribution in [0.15, 0.2) is 18.2 Å². The smallest absolute Gasteiger partial charge is 0.221 e. The minimum atomic E-state index is -0.660. The minimum absolute atomic E-state index is 0.134. The van der Waals surface area contributed by atoms with E-state index >= 15 is 0 Å². The third-order valence-electron chi connectivity index (χ3n) is 1.88. The summed E-state index contributed by atoms with van der Waals surface area (Å²) in [5.74, 6) is -1.42. The number of amides is 1. The van der Waals surface area contributed by atoms with E-state index < -0.39 is 11.6 Å². The standard InChI is InChI=1S/C10H12F2N2O/c1-13-10(15)4-5-14-9-3-2-7(11)6-8(9)12/h2-3,6,14H,4-5H2,1H3,(H,13,15). The Bertz CT molecular complexity index is 355. The summed E-state index contributed by atoms with van der Waals surface area (Å²) in [6.07, 6.45) is 0.243. The third kappa shape index (κ3) is 3.53. The second-order valence-corrected chi connectivity index (χ2v) is 2.97. The molecule has 2 N–H and O–H groups in total. The van der Waals surface area contributed by atoms with E-state index in [2.05, 4.69) is 10.6 Å². The molecule has 5 heteroatoms. The predicted molar refractivity (Wildman–Crippen MR) is 53.5 cm³/mol. The van der Waals surface area contributed by atoms with Crippen molar-refractivity contribution in [2.45, 2.75) is 6.42 Å². The van der Waals surface area contributed by atoms with Crippen molar-refractivity contribution in [3.63, 3.8) is 0 Å². The van der Waals surface area contributed by atoms with Gasteiger partial charge in [0.05, 0.1) is 5.69 Å². The van der Waals surface area contributed by atoms with Crippen LogP contribution in [-0.2, 0) is 4.79 Å². The van der Waals surface area contributed by atoms with Crippen LogP contribution in [0, 0.1) is 11.6 Å². The van der Waals surface area contributed by atoms with Crippen LogP contribution in [0.1, 0.15) is 6.42 Å². The van der Waals surface area contributed by atoms with Crippen LogP contribution in [0.3, 0.4) is 0 Å². The first-order valence-corrected chi connectivity index (χ1v) is 4.53. The second-order valence-electron chi connectivity index (χ2n) is 2.97. The minimum Gasteiger partial charge on any atom is -0.382 e. The fourth-order valence-electron chi connectivity index (χ4n) is 1.07. The molecule has 0 atom stereocenters. The van der Waals surface area contributed by atoms with Gasteiger partial charge >= 0.3 is 0 Å². The molecular formula is C10H12F2N2O. The van der Waals surface area contributed by atoms with Gasteiger partial charge in [0.25, 0.3) is 0 Å². The molecule has 1 amide bonds. The summed E-state index contributed by atoms with van der Waals surface area (Å²) in [5.41, 5.74) is 0.195. The van der Waals surface area contributed by atoms with Crippen LogP contribution in [0.5, 0.6) is 0 Å². The Labute approximate surface area is 86.5 Å². The van der Waals surface area contributed by atoms with Crippen molar-refractivity contribution in [2.24, 2.45) is 0 Å². The highest BCUT2D eigenvalue weighted by Gasteiger charge is 2.03. The molecule has 0 radical (unpaired) electrons. The number of hydrogen-bond donors (Lipinski definition) is 2. The SMILES string of the molecule is CNC(=O)CCNc1ccc(F)cc1F. The van der Waals surface area contributed by atoms with Crippen LogP contribution >= 0.6 is 0 Å². The normalized spacial score (nSPS) is 9.80. The maximum absolute atomic E-state index is 13.1. The summed E-state index contributed by atoms with van der Waals surface area (Å²) in [6, 6.07) is 3.25. The van der Waals surface area contributed by atoms with Crippen LogP contribution in [0.4, 0.5) is 14.5 Å². The quantitative estimate of drug-likeness (QED) is 0.797. The van der Waals surface area contributed by atoms with Crippen molar-refractivity contribution in [1.29, 1.82) is 0 Å². The van der Waals surface area contributed by atoms with Gasteiger partial charge in [-0.15, -0.1) is 0 Å². The first-order valence-electron chi connectivity index (χ1n) is 4.53. The lowest BCUT2D eigenvalue weighted by Crippen LogP contribution is -2.21. The van der Waals surface area contributed by atoms with Crippen molar-refractivity contribution in [1.82, 2.24) is 5.32 Å². The van der Waals surface area contributed by atoms with Gasteiger partial charge in [0.2, 0.25) is 5.91 Å². The summed E-state index contributed by atoms with van der Waals surface area (Å²) < 4.78 is 25.6. The molecule has 0 fully saturated rings. The molecule has 1 aromatic carbocycles. The maximum atomic E-state index is 13.1. The van der Waals surface area contributed by atoms with Crippen molar-refractivity contribution < 1.29 is 13.6 Å². The van der Waals surface area contributed by atoms with Gasteiger partial charge in [-0.3, -0.25) is 4.79 Å². The summed E-state index contributed by atoms with van der Waals surface area (Å²) in [5, 5.41) is 5.15. The lowest BCUT2D eigenvalue weighted by Gasteiger charge is -2.06. The largest absolute Gasteiger partial charge is 0.382 e. The molecule has 3 nitrogen and oxygen atoms in total. The molecule has 0 unspecified atom stereocenters. The van der Waals surface area contributed by atoms with Gasteiger partial charge in [-0.05, 0) is 12.1 Å². The third-order valence-corrected chi connectivity index (χ3v) is 1.88. The van der Waals surface area contributed by atoms with E-state index in [0.717, 1.165) is 12.1 Å². The molecule has 0 aliphatic carbocycles. The molecule has 0 aliphatic heterocycles. The summed E-state index contributed by atoms with van der Waals surface area (Å²) in [6.45, 7) is 0.308. The lowest BCUT2D eigenvalue weighted by atomic mass is 10.3. The van der Waals surface area contributed by atoms with Crippen molar-refractivity contribution in [2.75, 3.05) is 18.9 Å². The van der Waals surface area contributed by atoms with Crippen molar-refractivity contribution >= 4 is 11.6 Å². The molecule has 0 spiro atoms. The zero-order chi connectivity index (χ0) is 11.3. The monoisotopic (exact) mass is 214 g/mol. The molecule has 15 heavy (non-hydrogen) atoms. The van der Waals surface area contributed by atoms with Gasteiger partial charge in [-0.25, -0.2) is 8.78 Å². The van der Waals surface area contributed by atoms with Gasteiger partial charge in [-0.1, -0.05) is 0 Å². The van der Waals surface area contributed by atoms with Crippen LogP contribution in [0.25, 0.3) is 0 Å². The average Bonchev–Trinajstić information content (AvgIpc) is 2.21. The van der Waals surface area contributed by atoms with Gasteiger partial charge in [0.1, 0.15) is 11.6 Å². The summed E-state index contributed by atoms with van der Waals surface area (Å²) >= 11 is 0. The molecule has 1 aromatic rings. The molecule has 0 aromatic heterocycles. The molecular weight excluding hydrogens is 202 g/mol. The van der Waals surface area contributed by atoms with E-state index in [1.165, 1.54) is 13.1 Å². The summed E-state index contributed by atoms with van der Waals surface area (Å²) in [7, 11) is 1.53. The van der Waals surface area contributed by atoms with Crippen LogP contribution < -0.4 is 10.6 Å². The number of rotatable bonds is 4. The van der Waals surface area contributed by atoms with Gasteiger partial charge in [0, 0.05) is 26.1 Å². The summed E-state index contributed by atoms with van der Waals surface area (Å²) in [4.78, 5) is 10.8. The number of carbonyl (C=O) groups excluding carboxylic acids is 1. The Kier molecular flexibility index (Phi) is 4.03. The number of nitrogens with one attached hydrogen (secondary N) is 2. The highest BCUT2D eigenvalue weighted by molar-refractivity contribution is 5.76. The van der Waals surface area contributed by atoms with Gasteiger partial charge in [0.15, 0.2) is 0 Å². The van der Waals surface area contributed by atoms with Crippen LogP contribution in [0.2, 0.25) is 0 Å². The molecule has 0 aliphatic rings. The van der Waals surface area contributed by atoms with E-state index in [1.807, 2.05) is 0 Å². The molecule has 1 rings (SSSR count). The Morgan fingerprint density at radius 1 is 1.40 bits per heavy atom. The van der Waals surface area contributed by atoms with Crippen LogP contribution in [-0.4, -0.2) is 19.5 Å². The highest BCUT2D eigenvalue weighted by Crippen LogP contribution is 2.14. The van der Waals surface area contributed by atoms with E-state index in [0.29, 0.717) is 6.54 Å². The van der Waals surface area contributed by atoms with E-state index in [-0.39, 0.29) is 18.0 Å². The first kappa shape index (κ1) is 11.4. The van der Waals surface area contributed by atoms with Gasteiger partial charge < -0.3 is 10.6 Å². The molecule has 0 heterocycles. The predicted octanol–water partition coefficient (Wildman–Crippen LogP) is 1.51. The number of carbonyl (C=O) groups is 1. The average molecular weight is 214 g/mol. The topological polar surface area (TPSA) is 41.1 Å². The number of benzene rings is 1. The fourth-order valence-corrected chi connectivity index (χ4v) is 1.07. The Balaban J connectivity index is 2.47. The molecule has 0 saturated heterocycles. The number of anilines is 1. The molecule has 82 valence electrons. The van der Waals surface area contributed by atoms with E-state index in [4.69, 9.17) is 0 Å². The van der Waals surface area contributed by atoms with E-state index in [1.54, 1.807) is 0 Å². The zero-order valence-corrected chi connectivity index (χ0v) is 8.31. The van der Waals surface area contributed by atoms with Crippen molar-refractivity contribution in [3.05, 3.63) is 29.8 Å². The zero-order valence-electron chi connectivity index (χ0n) is 8.31. The maximum Gasteiger partial charge on any atom is 0.221 e. The number of halogens is 2. The second kappa shape index (κ2) is 5.29. The fraction of sp³-hybridized carbons (Fsp3) is 0.300. The molecule has 0 saturated carbocycles. The Hall–Kier alpha value is -1.65. The first-order chi connectivity index (χ1) is 7.13. The van der Waals surface area contributed by atoms with Crippen molar-refractivity contribution in [3.8, 4) is 0 Å². The number of hydrogen-bond acceptors (Lipinski definition) is 2. The molecule has 0 bridgehead atoms. The lowest BCUT2D eigenvalue weighted by molar-refractivity contribution is -0.120. The Morgan fingerprint density at radius 2 is 2.13 bits per heavy atom. The van der Waals surface area contributed by atoms with E-state index in [9.17, 15) is 13.6 Å². The van der Waals surface area contributed by atoms with Gasteiger partial charge in [-0.2, -0.15) is 0 Å².